The molecule has 1 aromatic carbocycles. The van der Waals surface area contributed by atoms with Crippen LogP contribution in [-0.4, -0.2) is 46.9 Å². The number of amides is 1. The van der Waals surface area contributed by atoms with Crippen LogP contribution in [0.5, 0.6) is 0 Å². The van der Waals surface area contributed by atoms with Crippen molar-refractivity contribution in [3.05, 3.63) is 51.5 Å². The predicted molar refractivity (Wildman–Crippen MR) is 98.6 cm³/mol. The predicted octanol–water partition coefficient (Wildman–Crippen LogP) is 3.53. The van der Waals surface area contributed by atoms with Gasteiger partial charge in [-0.2, -0.15) is 0 Å². The van der Waals surface area contributed by atoms with Gasteiger partial charge in [0.15, 0.2) is 0 Å². The van der Waals surface area contributed by atoms with Crippen molar-refractivity contribution in [2.45, 2.75) is 33.2 Å². The number of aryl methyl sites for hydroxylation is 1. The Morgan fingerprint density at radius 1 is 1.25 bits per heavy atom. The third-order valence-corrected chi connectivity index (χ3v) is 5.53. The quantitative estimate of drug-likeness (QED) is 0.852. The van der Waals surface area contributed by atoms with E-state index in [9.17, 15) is 4.79 Å². The summed E-state index contributed by atoms with van der Waals surface area (Å²) in [4.78, 5) is 21.4. The van der Waals surface area contributed by atoms with Crippen molar-refractivity contribution in [2.24, 2.45) is 0 Å². The highest BCUT2D eigenvalue weighted by molar-refractivity contribution is 7.09. The molecule has 3 rings (SSSR count). The number of carbonyl (C=O) groups is 1. The number of benzene rings is 1. The van der Waals surface area contributed by atoms with E-state index in [2.05, 4.69) is 54.9 Å². The SMILES string of the molecule is Cc1cccc(CN2CCN(C(=O)c3csc(C(C)C)n3)CC2)c1. The summed E-state index contributed by atoms with van der Waals surface area (Å²) in [6, 6.07) is 8.64. The zero-order valence-corrected chi connectivity index (χ0v) is 15.5. The van der Waals surface area contributed by atoms with Gasteiger partial charge in [0.25, 0.3) is 5.91 Å². The van der Waals surface area contributed by atoms with Crippen molar-refractivity contribution in [3.63, 3.8) is 0 Å². The number of carbonyl (C=O) groups excluding carboxylic acids is 1. The lowest BCUT2D eigenvalue weighted by Crippen LogP contribution is -2.48. The van der Waals surface area contributed by atoms with Crippen LogP contribution < -0.4 is 0 Å². The average Bonchev–Trinajstić information content (AvgIpc) is 3.05. The van der Waals surface area contributed by atoms with E-state index in [0.29, 0.717) is 11.6 Å². The fourth-order valence-corrected chi connectivity index (χ4v) is 3.80. The largest absolute Gasteiger partial charge is 0.335 e. The van der Waals surface area contributed by atoms with Gasteiger partial charge in [-0.15, -0.1) is 11.3 Å². The molecule has 0 saturated carbocycles. The van der Waals surface area contributed by atoms with Crippen LogP contribution in [0, 0.1) is 6.92 Å². The summed E-state index contributed by atoms with van der Waals surface area (Å²) in [5.41, 5.74) is 3.25. The molecule has 0 aliphatic carbocycles. The molecule has 2 heterocycles. The van der Waals surface area contributed by atoms with Crippen LogP contribution in [0.4, 0.5) is 0 Å². The molecular formula is C19H25N3OS. The third kappa shape index (κ3) is 4.02. The van der Waals surface area contributed by atoms with Crippen molar-refractivity contribution >= 4 is 17.2 Å². The van der Waals surface area contributed by atoms with Crippen LogP contribution in [-0.2, 0) is 6.54 Å². The Hall–Kier alpha value is -1.72. The van der Waals surface area contributed by atoms with Crippen LogP contribution in [0.3, 0.4) is 0 Å². The first-order chi connectivity index (χ1) is 11.5. The van der Waals surface area contributed by atoms with Crippen LogP contribution in [0.2, 0.25) is 0 Å². The molecule has 1 aliphatic rings. The molecule has 1 aromatic heterocycles. The molecule has 0 spiro atoms. The maximum atomic E-state index is 12.6. The van der Waals surface area contributed by atoms with Crippen molar-refractivity contribution in [2.75, 3.05) is 26.2 Å². The lowest BCUT2D eigenvalue weighted by atomic mass is 10.1. The fraction of sp³-hybridized carbons (Fsp3) is 0.474. The van der Waals surface area contributed by atoms with Gasteiger partial charge in [-0.1, -0.05) is 43.7 Å². The number of thiazole rings is 1. The third-order valence-electron chi connectivity index (χ3n) is 4.38. The van der Waals surface area contributed by atoms with E-state index in [1.165, 1.54) is 11.1 Å². The summed E-state index contributed by atoms with van der Waals surface area (Å²) in [7, 11) is 0. The lowest BCUT2D eigenvalue weighted by molar-refractivity contribution is 0.0623. The minimum Gasteiger partial charge on any atom is -0.335 e. The summed E-state index contributed by atoms with van der Waals surface area (Å²) in [5, 5.41) is 2.94. The number of aromatic nitrogens is 1. The van der Waals surface area contributed by atoms with Gasteiger partial charge >= 0.3 is 0 Å². The molecule has 0 unspecified atom stereocenters. The van der Waals surface area contributed by atoms with E-state index in [1.54, 1.807) is 11.3 Å². The molecule has 0 radical (unpaired) electrons. The zero-order valence-electron chi connectivity index (χ0n) is 14.7. The molecule has 24 heavy (non-hydrogen) atoms. The molecule has 1 aliphatic heterocycles. The molecule has 1 saturated heterocycles. The molecule has 4 nitrogen and oxygen atoms in total. The standard InChI is InChI=1S/C19H25N3OS/c1-14(2)18-20-17(13-24-18)19(23)22-9-7-21(8-10-22)12-16-6-4-5-15(3)11-16/h4-6,11,13-14H,7-10,12H2,1-3H3. The Bertz CT molecular complexity index is 702. The zero-order chi connectivity index (χ0) is 17.1. The molecule has 1 amide bonds. The maximum absolute atomic E-state index is 12.6. The van der Waals surface area contributed by atoms with Gasteiger partial charge < -0.3 is 4.90 Å². The molecule has 5 heteroatoms. The Morgan fingerprint density at radius 3 is 2.62 bits per heavy atom. The minimum absolute atomic E-state index is 0.0772. The summed E-state index contributed by atoms with van der Waals surface area (Å²) in [6.07, 6.45) is 0. The van der Waals surface area contributed by atoms with Gasteiger partial charge in [-0.05, 0) is 12.5 Å². The van der Waals surface area contributed by atoms with Crippen molar-refractivity contribution in [1.82, 2.24) is 14.8 Å². The minimum atomic E-state index is 0.0772. The molecule has 0 bridgehead atoms. The number of hydrogen-bond donors (Lipinski definition) is 0. The van der Waals surface area contributed by atoms with Crippen molar-refractivity contribution in [1.29, 1.82) is 0 Å². The summed E-state index contributed by atoms with van der Waals surface area (Å²) < 4.78 is 0. The van der Waals surface area contributed by atoms with E-state index >= 15 is 0 Å². The molecule has 1 fully saturated rings. The summed E-state index contributed by atoms with van der Waals surface area (Å²) in [5.74, 6) is 0.455. The normalized spacial score (nSPS) is 15.9. The second kappa shape index (κ2) is 7.45. The molecule has 0 atom stereocenters. The first-order valence-corrected chi connectivity index (χ1v) is 9.43. The fourth-order valence-electron chi connectivity index (χ4n) is 2.99. The maximum Gasteiger partial charge on any atom is 0.273 e. The van der Waals surface area contributed by atoms with Crippen molar-refractivity contribution in [3.8, 4) is 0 Å². The molecule has 128 valence electrons. The lowest BCUT2D eigenvalue weighted by Gasteiger charge is -2.34. The van der Waals surface area contributed by atoms with Gasteiger partial charge in [0.05, 0.1) is 5.01 Å². The molecular weight excluding hydrogens is 318 g/mol. The van der Waals surface area contributed by atoms with Crippen molar-refractivity contribution < 1.29 is 4.79 Å². The van der Waals surface area contributed by atoms with Gasteiger partial charge in [0.2, 0.25) is 0 Å². The van der Waals surface area contributed by atoms with E-state index in [-0.39, 0.29) is 5.91 Å². The van der Waals surface area contributed by atoms with E-state index in [1.807, 2.05) is 10.3 Å². The number of piperazine rings is 1. The second-order valence-electron chi connectivity index (χ2n) is 6.78. The molecule has 0 N–H and O–H groups in total. The average molecular weight is 343 g/mol. The monoisotopic (exact) mass is 343 g/mol. The topological polar surface area (TPSA) is 36.4 Å². The smallest absolute Gasteiger partial charge is 0.273 e. The summed E-state index contributed by atoms with van der Waals surface area (Å²) in [6.45, 7) is 10.7. The second-order valence-corrected chi connectivity index (χ2v) is 7.67. The Balaban J connectivity index is 1.55. The highest BCUT2D eigenvalue weighted by Gasteiger charge is 2.24. The van der Waals surface area contributed by atoms with Crippen LogP contribution in [0.15, 0.2) is 29.6 Å². The number of nitrogens with zero attached hydrogens (tertiary/aromatic N) is 3. The Labute approximate surface area is 148 Å². The van der Waals surface area contributed by atoms with Gasteiger partial charge in [0.1, 0.15) is 5.69 Å². The van der Waals surface area contributed by atoms with E-state index < -0.39 is 0 Å². The van der Waals surface area contributed by atoms with E-state index in [0.717, 1.165) is 37.7 Å². The van der Waals surface area contributed by atoms with Gasteiger partial charge in [0, 0.05) is 44.0 Å². The molecule has 2 aromatic rings. The van der Waals surface area contributed by atoms with Crippen LogP contribution >= 0.6 is 11.3 Å². The first kappa shape index (κ1) is 17.1. The summed E-state index contributed by atoms with van der Waals surface area (Å²) >= 11 is 1.58. The first-order valence-electron chi connectivity index (χ1n) is 8.55. The van der Waals surface area contributed by atoms with Gasteiger partial charge in [-0.3, -0.25) is 9.69 Å². The Morgan fingerprint density at radius 2 is 2.00 bits per heavy atom. The number of rotatable bonds is 4. The Kier molecular flexibility index (Phi) is 5.31. The van der Waals surface area contributed by atoms with Gasteiger partial charge in [-0.25, -0.2) is 4.98 Å². The number of hydrogen-bond acceptors (Lipinski definition) is 4. The highest BCUT2D eigenvalue weighted by atomic mass is 32.1. The van der Waals surface area contributed by atoms with Crippen LogP contribution in [0.25, 0.3) is 0 Å². The highest BCUT2D eigenvalue weighted by Crippen LogP contribution is 2.20. The van der Waals surface area contributed by atoms with E-state index in [4.69, 9.17) is 0 Å². The van der Waals surface area contributed by atoms with Crippen LogP contribution in [0.1, 0.15) is 46.4 Å².